The minimum absolute atomic E-state index is 0. The highest BCUT2D eigenvalue weighted by Gasteiger charge is 2.15. The summed E-state index contributed by atoms with van der Waals surface area (Å²) in [5, 5.41) is 0. The molecule has 4 N–H and O–H groups in total. The first kappa shape index (κ1) is 13.2. The van der Waals surface area contributed by atoms with Gasteiger partial charge in [0.15, 0.2) is 0 Å². The molecule has 0 aliphatic carbocycles. The third-order valence-electron chi connectivity index (χ3n) is 0.725. The van der Waals surface area contributed by atoms with Gasteiger partial charge in [-0.3, -0.25) is 4.79 Å². The molecule has 6 heteroatoms. The predicted molar refractivity (Wildman–Crippen MR) is 41.8 cm³/mol. The zero-order valence-electron chi connectivity index (χ0n) is 6.74. The van der Waals surface area contributed by atoms with Crippen molar-refractivity contribution in [1.29, 1.82) is 0 Å². The Balaban J connectivity index is 0. The monoisotopic (exact) mass is 183 g/mol. The summed E-state index contributed by atoms with van der Waals surface area (Å²) in [5.74, 6) is -0.615. The second-order valence-corrected chi connectivity index (χ2v) is 3.80. The van der Waals surface area contributed by atoms with Gasteiger partial charge in [-0.2, -0.15) is 0 Å². The zero-order chi connectivity index (χ0) is 8.20. The lowest BCUT2D eigenvalue weighted by Crippen LogP contribution is -2.00. The van der Waals surface area contributed by atoms with Gasteiger partial charge >= 0.3 is 13.6 Å². The van der Waals surface area contributed by atoms with Crippen LogP contribution in [-0.2, 0) is 13.9 Å². The molecule has 0 rings (SSSR count). The number of carbonyl (C=O) groups excluding carboxylic acids is 1. The molecule has 0 aromatic rings. The molecular weight excluding hydrogens is 169 g/mol. The van der Waals surface area contributed by atoms with Gasteiger partial charge in [0.05, 0.1) is 0 Å². The van der Waals surface area contributed by atoms with E-state index in [1.165, 1.54) is 0 Å². The lowest BCUT2D eigenvalue weighted by molar-refractivity contribution is -0.134. The molecule has 0 spiro atoms. The number of rotatable bonds is 3. The van der Waals surface area contributed by atoms with Crippen molar-refractivity contribution in [3.8, 4) is 0 Å². The summed E-state index contributed by atoms with van der Waals surface area (Å²) < 4.78 is 14.6. The van der Waals surface area contributed by atoms with Crippen LogP contribution in [0.15, 0.2) is 0 Å². The first-order valence-corrected chi connectivity index (χ1v) is 5.01. The van der Waals surface area contributed by atoms with E-state index in [-0.39, 0.29) is 12.6 Å². The van der Waals surface area contributed by atoms with Crippen molar-refractivity contribution in [2.24, 2.45) is 0 Å². The van der Waals surface area contributed by atoms with Crippen LogP contribution in [0, 0.1) is 0 Å². The van der Waals surface area contributed by atoms with Crippen LogP contribution >= 0.6 is 7.60 Å². The standard InChI is InChI=1S/C5H11O4P.H3N/c1-3-4-5(6)9-10(2,7)8;/h3-4H2,1-2H3,(H,7,8);1H3. The SMILES string of the molecule is CCCC(=O)OP(C)(=O)O.N. The van der Waals surface area contributed by atoms with Gasteiger partial charge in [0.25, 0.3) is 0 Å². The van der Waals surface area contributed by atoms with E-state index in [1.807, 2.05) is 0 Å². The largest absolute Gasteiger partial charge is 0.392 e. The second-order valence-electron chi connectivity index (χ2n) is 2.02. The van der Waals surface area contributed by atoms with Crippen LogP contribution < -0.4 is 6.15 Å². The van der Waals surface area contributed by atoms with Crippen molar-refractivity contribution < 1.29 is 18.8 Å². The molecule has 0 fully saturated rings. The Morgan fingerprint density at radius 2 is 2.09 bits per heavy atom. The first-order chi connectivity index (χ1) is 4.45. The first-order valence-electron chi connectivity index (χ1n) is 2.98. The molecule has 0 aromatic carbocycles. The van der Waals surface area contributed by atoms with E-state index in [0.717, 1.165) is 6.66 Å². The number of hydrogen-bond donors (Lipinski definition) is 2. The third-order valence-corrected chi connectivity index (χ3v) is 1.27. The van der Waals surface area contributed by atoms with Gasteiger partial charge in [-0.25, -0.2) is 4.57 Å². The summed E-state index contributed by atoms with van der Waals surface area (Å²) in [6, 6.07) is 0. The lowest BCUT2D eigenvalue weighted by atomic mass is 10.4. The van der Waals surface area contributed by atoms with E-state index >= 15 is 0 Å². The molecule has 11 heavy (non-hydrogen) atoms. The fourth-order valence-corrected chi connectivity index (χ4v) is 0.908. The van der Waals surface area contributed by atoms with E-state index in [9.17, 15) is 9.36 Å². The Morgan fingerprint density at radius 1 is 1.64 bits per heavy atom. The van der Waals surface area contributed by atoms with Crippen LogP contribution in [0.1, 0.15) is 19.8 Å². The smallest absolute Gasteiger partial charge is 0.375 e. The summed E-state index contributed by atoms with van der Waals surface area (Å²) in [4.78, 5) is 19.0. The summed E-state index contributed by atoms with van der Waals surface area (Å²) in [5.41, 5.74) is 0. The van der Waals surface area contributed by atoms with Gasteiger partial charge in [0, 0.05) is 13.1 Å². The fraction of sp³-hybridized carbons (Fsp3) is 0.800. The lowest BCUT2D eigenvalue weighted by Gasteiger charge is -2.04. The molecule has 0 amide bonds. The summed E-state index contributed by atoms with van der Waals surface area (Å²) >= 11 is 0. The highest BCUT2D eigenvalue weighted by atomic mass is 31.2. The van der Waals surface area contributed by atoms with E-state index in [0.29, 0.717) is 6.42 Å². The Morgan fingerprint density at radius 3 is 2.36 bits per heavy atom. The van der Waals surface area contributed by atoms with Crippen molar-refractivity contribution in [3.05, 3.63) is 0 Å². The molecule has 0 heterocycles. The Labute approximate surface area is 65.9 Å². The maximum atomic E-state index is 10.5. The van der Waals surface area contributed by atoms with Gasteiger partial charge in [-0.05, 0) is 6.42 Å². The molecule has 0 aliphatic rings. The van der Waals surface area contributed by atoms with Crippen molar-refractivity contribution >= 4 is 13.6 Å². The third kappa shape index (κ3) is 9.62. The Kier molecular flexibility index (Phi) is 6.37. The Bertz CT molecular complexity index is 164. The van der Waals surface area contributed by atoms with Crippen LogP contribution in [0.5, 0.6) is 0 Å². The van der Waals surface area contributed by atoms with E-state index in [1.54, 1.807) is 6.92 Å². The molecule has 0 radical (unpaired) electrons. The fourth-order valence-electron chi connectivity index (χ4n) is 0.439. The highest BCUT2D eigenvalue weighted by molar-refractivity contribution is 7.52. The highest BCUT2D eigenvalue weighted by Crippen LogP contribution is 2.36. The summed E-state index contributed by atoms with van der Waals surface area (Å²) in [6.45, 7) is 2.78. The second kappa shape index (κ2) is 5.29. The minimum atomic E-state index is -3.60. The molecular formula is C5H14NO4P. The molecule has 0 aromatic heterocycles. The van der Waals surface area contributed by atoms with Crippen LogP contribution in [0.3, 0.4) is 0 Å². The van der Waals surface area contributed by atoms with Crippen molar-refractivity contribution in [2.75, 3.05) is 6.66 Å². The molecule has 0 saturated carbocycles. The molecule has 5 nitrogen and oxygen atoms in total. The van der Waals surface area contributed by atoms with Crippen LogP contribution in [-0.4, -0.2) is 17.5 Å². The average Bonchev–Trinajstić information content (AvgIpc) is 1.59. The van der Waals surface area contributed by atoms with E-state index in [4.69, 9.17) is 4.89 Å². The van der Waals surface area contributed by atoms with Crippen LogP contribution in [0.25, 0.3) is 0 Å². The van der Waals surface area contributed by atoms with E-state index in [2.05, 4.69) is 4.52 Å². The average molecular weight is 183 g/mol. The molecule has 1 unspecified atom stereocenters. The van der Waals surface area contributed by atoms with Crippen molar-refractivity contribution in [1.82, 2.24) is 6.15 Å². The molecule has 68 valence electrons. The summed E-state index contributed by atoms with van der Waals surface area (Å²) in [6.07, 6.45) is 0.817. The minimum Gasteiger partial charge on any atom is -0.392 e. The maximum Gasteiger partial charge on any atom is 0.375 e. The van der Waals surface area contributed by atoms with Gasteiger partial charge < -0.3 is 15.6 Å². The quantitative estimate of drug-likeness (QED) is 0.642. The zero-order valence-corrected chi connectivity index (χ0v) is 7.63. The molecule has 0 aliphatic heterocycles. The van der Waals surface area contributed by atoms with Gasteiger partial charge in [0.1, 0.15) is 0 Å². The van der Waals surface area contributed by atoms with Crippen molar-refractivity contribution in [2.45, 2.75) is 19.8 Å². The van der Waals surface area contributed by atoms with Crippen molar-refractivity contribution in [3.63, 3.8) is 0 Å². The maximum absolute atomic E-state index is 10.5. The van der Waals surface area contributed by atoms with E-state index < -0.39 is 13.6 Å². The molecule has 0 saturated heterocycles. The number of carbonyl (C=O) groups is 1. The molecule has 0 bridgehead atoms. The van der Waals surface area contributed by atoms with Crippen LogP contribution in [0.2, 0.25) is 0 Å². The predicted octanol–water partition coefficient (Wildman–Crippen LogP) is 1.31. The normalized spacial score (nSPS) is 14.5. The van der Waals surface area contributed by atoms with Gasteiger partial charge in [-0.15, -0.1) is 0 Å². The molecule has 1 atom stereocenters. The number of hydrogen-bond acceptors (Lipinski definition) is 4. The van der Waals surface area contributed by atoms with Gasteiger partial charge in [-0.1, -0.05) is 6.92 Å². The topological polar surface area (TPSA) is 98.6 Å². The summed E-state index contributed by atoms with van der Waals surface area (Å²) in [7, 11) is -3.60. The van der Waals surface area contributed by atoms with Crippen LogP contribution in [0.4, 0.5) is 0 Å². The Hall–Kier alpha value is -0.380. The van der Waals surface area contributed by atoms with Gasteiger partial charge in [0.2, 0.25) is 0 Å².